The van der Waals surface area contributed by atoms with Crippen LogP contribution in [0.15, 0.2) is 0 Å². The molecule has 0 radical (unpaired) electrons. The highest BCUT2D eigenvalue weighted by Gasteiger charge is 2.21. The molecule has 1 aliphatic carbocycles. The van der Waals surface area contributed by atoms with Crippen molar-refractivity contribution in [3.8, 4) is 0 Å². The zero-order chi connectivity index (χ0) is 12.0. The van der Waals surface area contributed by atoms with Gasteiger partial charge in [0.2, 0.25) is 0 Å². The average molecular weight is 228 g/mol. The topological polar surface area (TPSA) is 75.3 Å². The number of hydrogen-bond acceptors (Lipinski definition) is 3. The van der Waals surface area contributed by atoms with Gasteiger partial charge in [-0.25, -0.2) is 0 Å². The summed E-state index contributed by atoms with van der Waals surface area (Å²) in [5.41, 5.74) is 5.45. The molecule has 94 valence electrons. The Kier molecular flexibility index (Phi) is 5.77. The number of rotatable bonds is 6. The second-order valence-electron chi connectivity index (χ2n) is 4.86. The Morgan fingerprint density at radius 2 is 2.06 bits per heavy atom. The maximum Gasteiger partial charge on any atom is 0.321 e. The summed E-state index contributed by atoms with van der Waals surface area (Å²) in [6, 6.07) is -0.299. The monoisotopic (exact) mass is 228 g/mol. The molecular weight excluding hydrogens is 204 g/mol. The largest absolute Gasteiger partial charge is 0.480 e. The van der Waals surface area contributed by atoms with Gasteiger partial charge in [-0.15, -0.1) is 0 Å². The quantitative estimate of drug-likeness (QED) is 0.641. The van der Waals surface area contributed by atoms with Crippen LogP contribution in [-0.4, -0.2) is 29.7 Å². The third-order valence-electron chi connectivity index (χ3n) is 3.49. The molecule has 1 atom stereocenters. The maximum absolute atomic E-state index is 10.5. The molecule has 1 aliphatic rings. The molecule has 1 saturated carbocycles. The second-order valence-corrected chi connectivity index (χ2v) is 4.86. The average Bonchev–Trinajstić information content (AvgIpc) is 2.28. The van der Waals surface area contributed by atoms with E-state index in [9.17, 15) is 4.79 Å². The Bertz CT molecular complexity index is 213. The number of aliphatic carboxylic acids is 1. The molecule has 4 nitrogen and oxygen atoms in total. The lowest BCUT2D eigenvalue weighted by atomic mass is 9.83. The van der Waals surface area contributed by atoms with E-state index in [0.29, 0.717) is 12.6 Å². The van der Waals surface area contributed by atoms with E-state index in [-0.39, 0.29) is 0 Å². The van der Waals surface area contributed by atoms with Crippen molar-refractivity contribution in [2.75, 3.05) is 6.54 Å². The third kappa shape index (κ3) is 4.49. The molecule has 1 fully saturated rings. The molecule has 4 heteroatoms. The predicted molar refractivity (Wildman–Crippen MR) is 64.3 cm³/mol. The number of carboxylic acid groups (broad SMARTS) is 1. The van der Waals surface area contributed by atoms with E-state index in [0.717, 1.165) is 18.8 Å². The number of hydrogen-bond donors (Lipinski definition) is 3. The summed E-state index contributed by atoms with van der Waals surface area (Å²) in [4.78, 5) is 10.5. The van der Waals surface area contributed by atoms with Crippen molar-refractivity contribution >= 4 is 5.97 Å². The molecule has 0 spiro atoms. The van der Waals surface area contributed by atoms with Crippen LogP contribution in [-0.2, 0) is 4.79 Å². The van der Waals surface area contributed by atoms with Crippen molar-refractivity contribution < 1.29 is 9.90 Å². The van der Waals surface area contributed by atoms with Crippen molar-refractivity contribution in [3.05, 3.63) is 0 Å². The van der Waals surface area contributed by atoms with Crippen LogP contribution in [0.1, 0.15) is 45.4 Å². The molecule has 0 aromatic carbocycles. The third-order valence-corrected chi connectivity index (χ3v) is 3.49. The predicted octanol–water partition coefficient (Wildman–Crippen LogP) is 1.35. The van der Waals surface area contributed by atoms with Crippen LogP contribution >= 0.6 is 0 Å². The van der Waals surface area contributed by atoms with Gasteiger partial charge in [0.1, 0.15) is 6.04 Å². The minimum Gasteiger partial charge on any atom is -0.480 e. The highest BCUT2D eigenvalue weighted by molar-refractivity contribution is 5.73. The lowest BCUT2D eigenvalue weighted by Crippen LogP contribution is -2.45. The van der Waals surface area contributed by atoms with Crippen LogP contribution < -0.4 is 11.1 Å². The van der Waals surface area contributed by atoms with Crippen molar-refractivity contribution in [3.63, 3.8) is 0 Å². The summed E-state index contributed by atoms with van der Waals surface area (Å²) in [5, 5.41) is 11.9. The summed E-state index contributed by atoms with van der Waals surface area (Å²) >= 11 is 0. The van der Waals surface area contributed by atoms with Gasteiger partial charge in [-0.2, -0.15) is 0 Å². The van der Waals surface area contributed by atoms with Crippen LogP contribution in [0.25, 0.3) is 0 Å². The first-order valence-corrected chi connectivity index (χ1v) is 6.35. The Labute approximate surface area is 97.6 Å². The lowest BCUT2D eigenvalue weighted by Gasteiger charge is -2.29. The minimum atomic E-state index is -0.924. The van der Waals surface area contributed by atoms with Gasteiger partial charge in [0.05, 0.1) is 0 Å². The molecular formula is C12H24N2O2. The van der Waals surface area contributed by atoms with Crippen LogP contribution in [0.4, 0.5) is 0 Å². The molecule has 0 saturated heterocycles. The van der Waals surface area contributed by atoms with Gasteiger partial charge >= 0.3 is 5.97 Å². The molecule has 4 N–H and O–H groups in total. The van der Waals surface area contributed by atoms with E-state index in [1.54, 1.807) is 0 Å². The summed E-state index contributed by atoms with van der Waals surface area (Å²) in [6.45, 7) is 2.62. The Balaban J connectivity index is 2.14. The highest BCUT2D eigenvalue weighted by atomic mass is 16.4. The first kappa shape index (κ1) is 13.5. The van der Waals surface area contributed by atoms with Crippen molar-refractivity contribution in [1.82, 2.24) is 5.32 Å². The smallest absolute Gasteiger partial charge is 0.321 e. The Hall–Kier alpha value is -0.610. The number of carbonyl (C=O) groups is 1. The standard InChI is InChI=1S/C12H24N2O2/c1-2-3-9-4-6-10(7-5-9)14-8-11(13)12(15)16/h9-11,14H,2-8,13H2,1H3,(H,15,16). The minimum absolute atomic E-state index is 0.387. The molecule has 0 bridgehead atoms. The molecule has 0 heterocycles. The van der Waals surface area contributed by atoms with Gasteiger partial charge in [-0.1, -0.05) is 19.8 Å². The highest BCUT2D eigenvalue weighted by Crippen LogP contribution is 2.27. The first-order chi connectivity index (χ1) is 7.63. The van der Waals surface area contributed by atoms with Crippen LogP contribution in [0.5, 0.6) is 0 Å². The Morgan fingerprint density at radius 3 is 2.56 bits per heavy atom. The van der Waals surface area contributed by atoms with Crippen LogP contribution in [0.2, 0.25) is 0 Å². The molecule has 1 unspecified atom stereocenters. The van der Waals surface area contributed by atoms with Gasteiger partial charge in [-0.05, 0) is 31.6 Å². The molecule has 0 aromatic heterocycles. The van der Waals surface area contributed by atoms with E-state index < -0.39 is 12.0 Å². The summed E-state index contributed by atoms with van der Waals surface area (Å²) in [7, 11) is 0. The van der Waals surface area contributed by atoms with Gasteiger partial charge in [0.25, 0.3) is 0 Å². The van der Waals surface area contributed by atoms with Crippen molar-refractivity contribution in [1.29, 1.82) is 0 Å². The fourth-order valence-electron chi connectivity index (χ4n) is 2.44. The van der Waals surface area contributed by atoms with Gasteiger partial charge in [-0.3, -0.25) is 4.79 Å². The zero-order valence-corrected chi connectivity index (χ0v) is 10.1. The van der Waals surface area contributed by atoms with Gasteiger partial charge in [0.15, 0.2) is 0 Å². The lowest BCUT2D eigenvalue weighted by molar-refractivity contribution is -0.138. The zero-order valence-electron chi connectivity index (χ0n) is 10.1. The van der Waals surface area contributed by atoms with Gasteiger partial charge < -0.3 is 16.2 Å². The van der Waals surface area contributed by atoms with E-state index >= 15 is 0 Å². The van der Waals surface area contributed by atoms with Gasteiger partial charge in [0, 0.05) is 12.6 Å². The summed E-state index contributed by atoms with van der Waals surface area (Å²) in [6.07, 6.45) is 7.48. The normalized spacial score (nSPS) is 27.6. The summed E-state index contributed by atoms with van der Waals surface area (Å²) < 4.78 is 0. The first-order valence-electron chi connectivity index (χ1n) is 6.35. The van der Waals surface area contributed by atoms with E-state index in [4.69, 9.17) is 10.8 Å². The summed E-state index contributed by atoms with van der Waals surface area (Å²) in [5.74, 6) is -0.0385. The SMILES string of the molecule is CCCC1CCC(NCC(N)C(=O)O)CC1. The van der Waals surface area contributed by atoms with Crippen LogP contribution in [0, 0.1) is 5.92 Å². The molecule has 0 amide bonds. The molecule has 16 heavy (non-hydrogen) atoms. The molecule has 1 rings (SSSR count). The number of carboxylic acids is 1. The number of nitrogens with one attached hydrogen (secondary N) is 1. The molecule has 0 aromatic rings. The fourth-order valence-corrected chi connectivity index (χ4v) is 2.44. The van der Waals surface area contributed by atoms with E-state index in [1.165, 1.54) is 25.7 Å². The fraction of sp³-hybridized carbons (Fsp3) is 0.917. The van der Waals surface area contributed by atoms with E-state index in [1.807, 2.05) is 0 Å². The Morgan fingerprint density at radius 1 is 1.44 bits per heavy atom. The van der Waals surface area contributed by atoms with E-state index in [2.05, 4.69) is 12.2 Å². The van der Waals surface area contributed by atoms with Crippen molar-refractivity contribution in [2.45, 2.75) is 57.5 Å². The second kappa shape index (κ2) is 6.86. The number of nitrogens with two attached hydrogens (primary N) is 1. The van der Waals surface area contributed by atoms with Crippen LogP contribution in [0.3, 0.4) is 0 Å². The molecule has 0 aliphatic heterocycles. The van der Waals surface area contributed by atoms with Crippen molar-refractivity contribution in [2.24, 2.45) is 11.7 Å². The maximum atomic E-state index is 10.5.